The van der Waals surface area contributed by atoms with Crippen molar-refractivity contribution in [1.29, 1.82) is 0 Å². The molecule has 1 aliphatic carbocycles. The number of anilines is 1. The maximum absolute atomic E-state index is 12.3. The van der Waals surface area contributed by atoms with Crippen LogP contribution in [0.3, 0.4) is 0 Å². The fourth-order valence-electron chi connectivity index (χ4n) is 2.27. The van der Waals surface area contributed by atoms with E-state index in [0.717, 1.165) is 18.5 Å². The quantitative estimate of drug-likeness (QED) is 0.902. The van der Waals surface area contributed by atoms with Crippen molar-refractivity contribution in [2.24, 2.45) is 7.05 Å². The minimum atomic E-state index is -1.02. The van der Waals surface area contributed by atoms with Gasteiger partial charge >= 0.3 is 5.97 Å². The number of rotatable bonds is 4. The lowest BCUT2D eigenvalue weighted by atomic mass is 10.1. The Morgan fingerprint density at radius 1 is 1.38 bits per heavy atom. The van der Waals surface area contributed by atoms with Crippen LogP contribution in [-0.4, -0.2) is 26.8 Å². The molecule has 1 aliphatic rings. The third kappa shape index (κ3) is 2.79. The smallest absolute Gasteiger partial charge is 0.335 e. The largest absolute Gasteiger partial charge is 0.478 e. The van der Waals surface area contributed by atoms with Crippen LogP contribution in [0.2, 0.25) is 0 Å². The van der Waals surface area contributed by atoms with Crippen molar-refractivity contribution in [3.8, 4) is 0 Å². The zero-order chi connectivity index (χ0) is 15.0. The predicted molar refractivity (Wildman–Crippen MR) is 76.5 cm³/mol. The van der Waals surface area contributed by atoms with Crippen molar-refractivity contribution < 1.29 is 14.7 Å². The standard InChI is InChI=1S/C15H15N3O3/c1-18-8-12(13(17-18)9-5-6-9)14(19)16-11-4-2-3-10(7-11)15(20)21/h2-4,7-9H,5-6H2,1H3,(H,16,19)(H,20,21). The topological polar surface area (TPSA) is 84.2 Å². The minimum absolute atomic E-state index is 0.140. The molecule has 0 spiro atoms. The molecule has 0 aliphatic heterocycles. The van der Waals surface area contributed by atoms with E-state index >= 15 is 0 Å². The number of amides is 1. The molecule has 108 valence electrons. The monoisotopic (exact) mass is 285 g/mol. The van der Waals surface area contributed by atoms with Crippen molar-refractivity contribution in [3.05, 3.63) is 47.3 Å². The molecule has 2 aromatic rings. The fourth-order valence-corrected chi connectivity index (χ4v) is 2.27. The molecule has 1 amide bonds. The molecule has 1 aromatic heterocycles. The summed E-state index contributed by atoms with van der Waals surface area (Å²) in [7, 11) is 1.79. The van der Waals surface area contributed by atoms with E-state index in [0.29, 0.717) is 17.2 Å². The predicted octanol–water partition coefficient (Wildman–Crippen LogP) is 2.25. The van der Waals surface area contributed by atoms with Gasteiger partial charge in [0.25, 0.3) is 5.91 Å². The molecule has 0 bridgehead atoms. The molecule has 1 saturated carbocycles. The highest BCUT2D eigenvalue weighted by molar-refractivity contribution is 6.05. The third-order valence-corrected chi connectivity index (χ3v) is 3.43. The third-order valence-electron chi connectivity index (χ3n) is 3.43. The number of carboxylic acid groups (broad SMARTS) is 1. The van der Waals surface area contributed by atoms with Crippen molar-refractivity contribution in [2.75, 3.05) is 5.32 Å². The molecular weight excluding hydrogens is 270 g/mol. The van der Waals surface area contributed by atoms with E-state index in [2.05, 4.69) is 10.4 Å². The lowest BCUT2D eigenvalue weighted by molar-refractivity contribution is 0.0696. The number of carboxylic acids is 1. The van der Waals surface area contributed by atoms with E-state index in [1.54, 1.807) is 30.1 Å². The first-order valence-corrected chi connectivity index (χ1v) is 6.73. The Morgan fingerprint density at radius 3 is 2.81 bits per heavy atom. The maximum Gasteiger partial charge on any atom is 0.335 e. The molecule has 6 nitrogen and oxygen atoms in total. The van der Waals surface area contributed by atoms with Gasteiger partial charge < -0.3 is 10.4 Å². The summed E-state index contributed by atoms with van der Waals surface area (Å²) >= 11 is 0. The van der Waals surface area contributed by atoms with Gasteiger partial charge in [0.15, 0.2) is 0 Å². The van der Waals surface area contributed by atoms with Crippen LogP contribution in [0, 0.1) is 0 Å². The zero-order valence-electron chi connectivity index (χ0n) is 11.5. The summed E-state index contributed by atoms with van der Waals surface area (Å²) in [6, 6.07) is 6.19. The first-order valence-electron chi connectivity index (χ1n) is 6.73. The van der Waals surface area contributed by atoms with Gasteiger partial charge in [-0.15, -0.1) is 0 Å². The number of hydrogen-bond donors (Lipinski definition) is 2. The summed E-state index contributed by atoms with van der Waals surface area (Å²) in [4.78, 5) is 23.3. The Labute approximate surface area is 121 Å². The van der Waals surface area contributed by atoms with E-state index in [9.17, 15) is 9.59 Å². The average molecular weight is 285 g/mol. The summed E-state index contributed by atoms with van der Waals surface area (Å²) in [5.41, 5.74) is 1.98. The Balaban J connectivity index is 1.83. The number of aromatic carboxylic acids is 1. The molecule has 0 unspecified atom stereocenters. The molecule has 1 fully saturated rings. The molecule has 1 aromatic carbocycles. The molecular formula is C15H15N3O3. The number of nitrogens with zero attached hydrogens (tertiary/aromatic N) is 2. The highest BCUT2D eigenvalue weighted by Gasteiger charge is 2.31. The SMILES string of the molecule is Cn1cc(C(=O)Nc2cccc(C(=O)O)c2)c(C2CC2)n1. The van der Waals surface area contributed by atoms with Crippen molar-refractivity contribution in [2.45, 2.75) is 18.8 Å². The van der Waals surface area contributed by atoms with Crippen molar-refractivity contribution in [1.82, 2.24) is 9.78 Å². The number of benzene rings is 1. The number of carbonyl (C=O) groups is 2. The van der Waals surface area contributed by atoms with Gasteiger partial charge in [-0.25, -0.2) is 4.79 Å². The molecule has 0 radical (unpaired) electrons. The van der Waals surface area contributed by atoms with Gasteiger partial charge in [0.2, 0.25) is 0 Å². The average Bonchev–Trinajstić information content (AvgIpc) is 3.21. The van der Waals surface area contributed by atoms with Crippen LogP contribution < -0.4 is 5.32 Å². The first kappa shape index (κ1) is 13.4. The van der Waals surface area contributed by atoms with Crippen LogP contribution in [0.25, 0.3) is 0 Å². The van der Waals surface area contributed by atoms with Gasteiger partial charge in [-0.2, -0.15) is 5.10 Å². The number of aromatic nitrogens is 2. The number of hydrogen-bond acceptors (Lipinski definition) is 3. The summed E-state index contributed by atoms with van der Waals surface area (Å²) < 4.78 is 1.64. The number of nitrogens with one attached hydrogen (secondary N) is 1. The zero-order valence-corrected chi connectivity index (χ0v) is 11.5. The van der Waals surface area contributed by atoms with Gasteiger partial charge in [-0.1, -0.05) is 6.07 Å². The molecule has 2 N–H and O–H groups in total. The van der Waals surface area contributed by atoms with Crippen molar-refractivity contribution in [3.63, 3.8) is 0 Å². The maximum atomic E-state index is 12.3. The van der Waals surface area contributed by atoms with E-state index < -0.39 is 5.97 Å². The highest BCUT2D eigenvalue weighted by atomic mass is 16.4. The second-order valence-corrected chi connectivity index (χ2v) is 5.22. The van der Waals surface area contributed by atoms with E-state index in [1.807, 2.05) is 0 Å². The summed E-state index contributed by atoms with van der Waals surface area (Å²) in [6.45, 7) is 0. The Bertz CT molecular complexity index is 717. The van der Waals surface area contributed by atoms with E-state index in [4.69, 9.17) is 5.11 Å². The van der Waals surface area contributed by atoms with Gasteiger partial charge in [0.1, 0.15) is 0 Å². The van der Waals surface area contributed by atoms with Crippen LogP contribution in [-0.2, 0) is 7.05 Å². The molecule has 21 heavy (non-hydrogen) atoms. The number of aryl methyl sites for hydroxylation is 1. The first-order chi connectivity index (χ1) is 10.0. The second-order valence-electron chi connectivity index (χ2n) is 5.22. The van der Waals surface area contributed by atoms with Crippen molar-refractivity contribution >= 4 is 17.6 Å². The molecule has 1 heterocycles. The Kier molecular flexibility index (Phi) is 3.21. The normalized spacial score (nSPS) is 14.0. The van der Waals surface area contributed by atoms with Gasteiger partial charge in [-0.3, -0.25) is 9.48 Å². The van der Waals surface area contributed by atoms with Crippen LogP contribution >= 0.6 is 0 Å². The number of carbonyl (C=O) groups excluding carboxylic acids is 1. The van der Waals surface area contributed by atoms with Crippen LogP contribution in [0.5, 0.6) is 0 Å². The van der Waals surface area contributed by atoms with Gasteiger partial charge in [0, 0.05) is 24.8 Å². The lowest BCUT2D eigenvalue weighted by Crippen LogP contribution is -2.13. The van der Waals surface area contributed by atoms with Gasteiger partial charge in [0.05, 0.1) is 16.8 Å². The Morgan fingerprint density at radius 2 is 2.14 bits per heavy atom. The van der Waals surface area contributed by atoms with Crippen LogP contribution in [0.1, 0.15) is 45.2 Å². The van der Waals surface area contributed by atoms with Crippen LogP contribution in [0.4, 0.5) is 5.69 Å². The second kappa shape index (κ2) is 5.05. The summed E-state index contributed by atoms with van der Waals surface area (Å²) in [6.07, 6.45) is 3.82. The molecule has 6 heteroatoms. The Hall–Kier alpha value is -2.63. The summed E-state index contributed by atoms with van der Waals surface area (Å²) in [5.74, 6) is -0.906. The van der Waals surface area contributed by atoms with Crippen LogP contribution in [0.15, 0.2) is 30.5 Å². The molecule has 3 rings (SSSR count). The minimum Gasteiger partial charge on any atom is -0.478 e. The molecule has 0 atom stereocenters. The highest BCUT2D eigenvalue weighted by Crippen LogP contribution is 2.40. The van der Waals surface area contributed by atoms with Gasteiger partial charge in [-0.05, 0) is 31.0 Å². The fraction of sp³-hybridized carbons (Fsp3) is 0.267. The van der Waals surface area contributed by atoms with E-state index in [1.165, 1.54) is 12.1 Å². The summed E-state index contributed by atoms with van der Waals surface area (Å²) in [5, 5.41) is 16.0. The lowest BCUT2D eigenvalue weighted by Gasteiger charge is -2.05. The van der Waals surface area contributed by atoms with E-state index in [-0.39, 0.29) is 11.5 Å². The molecule has 0 saturated heterocycles.